The lowest BCUT2D eigenvalue weighted by molar-refractivity contribution is -0.132. The van der Waals surface area contributed by atoms with Crippen molar-refractivity contribution in [2.24, 2.45) is 0 Å². The molecule has 0 aliphatic carbocycles. The highest BCUT2D eigenvalue weighted by atomic mass is 16.2. The first-order valence-corrected chi connectivity index (χ1v) is 8.88. The molecule has 1 saturated heterocycles. The van der Waals surface area contributed by atoms with Crippen molar-refractivity contribution in [1.82, 2.24) is 14.9 Å². The van der Waals surface area contributed by atoms with Crippen molar-refractivity contribution in [2.75, 3.05) is 6.54 Å². The summed E-state index contributed by atoms with van der Waals surface area (Å²) in [4.78, 5) is 33.8. The lowest BCUT2D eigenvalue weighted by Gasteiger charge is -2.25. The standard InChI is InChI=1S/C20H25N3O2/c1-13-6-8-16(9-7-13)18-5-4-12-23(18)19(24)11-10-17-14(2)21-15(3)22-20(17)25/h6-9,18H,4-5,10-12H2,1-3H3,(H,21,22,25)/t18-/m1/s1. The fourth-order valence-electron chi connectivity index (χ4n) is 3.62. The summed E-state index contributed by atoms with van der Waals surface area (Å²) < 4.78 is 0. The van der Waals surface area contributed by atoms with E-state index >= 15 is 0 Å². The lowest BCUT2D eigenvalue weighted by atomic mass is 10.0. The van der Waals surface area contributed by atoms with Crippen LogP contribution in [0.1, 0.15) is 53.5 Å². The number of nitrogens with one attached hydrogen (secondary N) is 1. The number of benzene rings is 1. The Morgan fingerprint density at radius 2 is 1.96 bits per heavy atom. The quantitative estimate of drug-likeness (QED) is 0.931. The van der Waals surface area contributed by atoms with Crippen LogP contribution < -0.4 is 5.56 Å². The van der Waals surface area contributed by atoms with Gasteiger partial charge in [-0.25, -0.2) is 4.98 Å². The highest BCUT2D eigenvalue weighted by Gasteiger charge is 2.29. The van der Waals surface area contributed by atoms with Gasteiger partial charge >= 0.3 is 0 Å². The smallest absolute Gasteiger partial charge is 0.254 e. The summed E-state index contributed by atoms with van der Waals surface area (Å²) >= 11 is 0. The topological polar surface area (TPSA) is 66.1 Å². The Balaban J connectivity index is 1.70. The molecule has 0 bridgehead atoms. The number of carbonyl (C=O) groups excluding carboxylic acids is 1. The molecule has 25 heavy (non-hydrogen) atoms. The molecular weight excluding hydrogens is 314 g/mol. The first-order chi connectivity index (χ1) is 12.0. The van der Waals surface area contributed by atoms with E-state index in [0.717, 1.165) is 19.4 Å². The van der Waals surface area contributed by atoms with Gasteiger partial charge in [0.1, 0.15) is 5.82 Å². The Morgan fingerprint density at radius 3 is 2.64 bits per heavy atom. The monoisotopic (exact) mass is 339 g/mol. The number of hydrogen-bond acceptors (Lipinski definition) is 3. The van der Waals surface area contributed by atoms with E-state index in [1.807, 2.05) is 11.8 Å². The lowest BCUT2D eigenvalue weighted by Crippen LogP contribution is -2.31. The maximum absolute atomic E-state index is 12.8. The molecule has 2 heterocycles. The van der Waals surface area contributed by atoms with Crippen LogP contribution >= 0.6 is 0 Å². The molecular formula is C20H25N3O2. The number of likely N-dealkylation sites (tertiary alicyclic amines) is 1. The highest BCUT2D eigenvalue weighted by molar-refractivity contribution is 5.77. The van der Waals surface area contributed by atoms with Gasteiger partial charge in [-0.2, -0.15) is 0 Å². The fourth-order valence-corrected chi connectivity index (χ4v) is 3.62. The Kier molecular flexibility index (Phi) is 5.02. The van der Waals surface area contributed by atoms with E-state index in [-0.39, 0.29) is 17.5 Å². The molecule has 1 fully saturated rings. The number of aryl methyl sites for hydroxylation is 3. The SMILES string of the molecule is Cc1ccc([C@H]2CCCN2C(=O)CCc2c(C)nc(C)[nH]c2=O)cc1. The van der Waals surface area contributed by atoms with Crippen LogP contribution in [0.25, 0.3) is 0 Å². The molecule has 5 nitrogen and oxygen atoms in total. The zero-order chi connectivity index (χ0) is 18.0. The molecule has 0 radical (unpaired) electrons. The Bertz CT molecular complexity index is 824. The fraction of sp³-hybridized carbons (Fsp3) is 0.450. The molecule has 1 aromatic carbocycles. The predicted octanol–water partition coefficient (Wildman–Crippen LogP) is 2.99. The molecule has 0 saturated carbocycles. The van der Waals surface area contributed by atoms with E-state index in [2.05, 4.69) is 41.2 Å². The third-order valence-electron chi connectivity index (χ3n) is 4.96. The highest BCUT2D eigenvalue weighted by Crippen LogP contribution is 2.32. The maximum atomic E-state index is 12.8. The minimum atomic E-state index is -0.130. The van der Waals surface area contributed by atoms with Gasteiger partial charge in [-0.1, -0.05) is 29.8 Å². The van der Waals surface area contributed by atoms with Crippen LogP contribution in [0.15, 0.2) is 29.1 Å². The Morgan fingerprint density at radius 1 is 1.24 bits per heavy atom. The molecule has 1 aliphatic heterocycles. The molecule has 132 valence electrons. The summed E-state index contributed by atoms with van der Waals surface area (Å²) in [6.45, 7) is 6.45. The largest absolute Gasteiger partial charge is 0.336 e. The molecule has 1 N–H and O–H groups in total. The van der Waals surface area contributed by atoms with Crippen LogP contribution in [0, 0.1) is 20.8 Å². The van der Waals surface area contributed by atoms with Crippen molar-refractivity contribution in [3.05, 3.63) is 62.8 Å². The number of aromatic amines is 1. The van der Waals surface area contributed by atoms with Gasteiger partial charge in [0.15, 0.2) is 0 Å². The second-order valence-electron chi connectivity index (χ2n) is 6.87. The third kappa shape index (κ3) is 3.81. The minimum absolute atomic E-state index is 0.113. The molecule has 1 aromatic heterocycles. The predicted molar refractivity (Wildman–Crippen MR) is 97.5 cm³/mol. The summed E-state index contributed by atoms with van der Waals surface area (Å²) in [5, 5.41) is 0. The number of carbonyl (C=O) groups is 1. The number of H-pyrrole nitrogens is 1. The van der Waals surface area contributed by atoms with Crippen molar-refractivity contribution in [3.8, 4) is 0 Å². The first kappa shape index (κ1) is 17.4. The van der Waals surface area contributed by atoms with Gasteiger partial charge in [-0.15, -0.1) is 0 Å². The van der Waals surface area contributed by atoms with E-state index in [4.69, 9.17) is 0 Å². The Labute approximate surface area is 148 Å². The van der Waals surface area contributed by atoms with E-state index in [1.165, 1.54) is 11.1 Å². The van der Waals surface area contributed by atoms with E-state index < -0.39 is 0 Å². The van der Waals surface area contributed by atoms with Gasteiger partial charge in [-0.3, -0.25) is 9.59 Å². The first-order valence-electron chi connectivity index (χ1n) is 8.88. The van der Waals surface area contributed by atoms with E-state index in [0.29, 0.717) is 29.9 Å². The number of nitrogens with zero attached hydrogens (tertiary/aromatic N) is 2. The number of rotatable bonds is 4. The molecule has 2 aromatic rings. The summed E-state index contributed by atoms with van der Waals surface area (Å²) in [5.74, 6) is 0.721. The van der Waals surface area contributed by atoms with Crippen LogP contribution in [0.5, 0.6) is 0 Å². The van der Waals surface area contributed by atoms with Crippen molar-refractivity contribution < 1.29 is 4.79 Å². The average molecular weight is 339 g/mol. The van der Waals surface area contributed by atoms with Gasteiger partial charge in [0, 0.05) is 24.2 Å². The Hall–Kier alpha value is -2.43. The number of hydrogen-bond donors (Lipinski definition) is 1. The summed E-state index contributed by atoms with van der Waals surface area (Å²) in [6.07, 6.45) is 2.80. The van der Waals surface area contributed by atoms with Gasteiger partial charge < -0.3 is 9.88 Å². The zero-order valence-corrected chi connectivity index (χ0v) is 15.1. The van der Waals surface area contributed by atoms with Gasteiger partial charge in [0.05, 0.1) is 6.04 Å². The zero-order valence-electron chi connectivity index (χ0n) is 15.1. The molecule has 5 heteroatoms. The summed E-state index contributed by atoms with van der Waals surface area (Å²) in [6, 6.07) is 8.58. The minimum Gasteiger partial charge on any atom is -0.336 e. The van der Waals surface area contributed by atoms with Crippen molar-refractivity contribution in [2.45, 2.75) is 52.5 Å². The van der Waals surface area contributed by atoms with E-state index in [9.17, 15) is 9.59 Å². The van der Waals surface area contributed by atoms with Gasteiger partial charge in [0.25, 0.3) is 5.56 Å². The third-order valence-corrected chi connectivity index (χ3v) is 4.96. The molecule has 0 spiro atoms. The molecule has 3 rings (SSSR count). The van der Waals surface area contributed by atoms with Crippen LogP contribution in [0.3, 0.4) is 0 Å². The van der Waals surface area contributed by atoms with Crippen molar-refractivity contribution in [1.29, 1.82) is 0 Å². The van der Waals surface area contributed by atoms with Crippen LogP contribution in [0.4, 0.5) is 0 Å². The van der Waals surface area contributed by atoms with Gasteiger partial charge in [-0.05, 0) is 45.6 Å². The van der Waals surface area contributed by atoms with Crippen molar-refractivity contribution >= 4 is 5.91 Å². The second kappa shape index (κ2) is 7.21. The van der Waals surface area contributed by atoms with E-state index in [1.54, 1.807) is 6.92 Å². The van der Waals surface area contributed by atoms with Crippen LogP contribution in [0.2, 0.25) is 0 Å². The van der Waals surface area contributed by atoms with Crippen LogP contribution in [-0.2, 0) is 11.2 Å². The summed E-state index contributed by atoms with van der Waals surface area (Å²) in [7, 11) is 0. The van der Waals surface area contributed by atoms with Crippen molar-refractivity contribution in [3.63, 3.8) is 0 Å². The van der Waals surface area contributed by atoms with Gasteiger partial charge in [0.2, 0.25) is 5.91 Å². The molecule has 1 amide bonds. The summed E-state index contributed by atoms with van der Waals surface area (Å²) in [5.41, 5.74) is 3.62. The molecule has 1 atom stereocenters. The van der Waals surface area contributed by atoms with Crippen LogP contribution in [-0.4, -0.2) is 27.3 Å². The number of aromatic nitrogens is 2. The number of amides is 1. The maximum Gasteiger partial charge on any atom is 0.254 e. The molecule has 1 aliphatic rings. The second-order valence-corrected chi connectivity index (χ2v) is 6.87. The average Bonchev–Trinajstić information content (AvgIpc) is 3.04. The normalized spacial score (nSPS) is 17.1. The molecule has 0 unspecified atom stereocenters.